The molecule has 1 aliphatic rings. The van der Waals surface area contributed by atoms with Gasteiger partial charge in [0.05, 0.1) is 21.7 Å². The Hall–Kier alpha value is -2.36. The van der Waals surface area contributed by atoms with E-state index in [1.165, 1.54) is 11.0 Å². The van der Waals surface area contributed by atoms with Gasteiger partial charge in [0.1, 0.15) is 0 Å². The average Bonchev–Trinajstić information content (AvgIpc) is 3.28. The molecule has 11 heteroatoms. The van der Waals surface area contributed by atoms with Gasteiger partial charge in [0.15, 0.2) is 0 Å². The van der Waals surface area contributed by atoms with Gasteiger partial charge in [-0.3, -0.25) is 9.69 Å². The molecule has 7 nitrogen and oxygen atoms in total. The van der Waals surface area contributed by atoms with Gasteiger partial charge in [0.2, 0.25) is 11.0 Å². The SMILES string of the molecule is CCN1CCCC(NC(=O)Oc2csc(N(C(=O)c3ccc(Cl)cc3Cl)c3ccc(Cl)cc3)n2)C1. The fourth-order valence-electron chi connectivity index (χ4n) is 3.84. The fourth-order valence-corrected chi connectivity index (χ4v) is 5.20. The van der Waals surface area contributed by atoms with Crippen molar-refractivity contribution in [2.45, 2.75) is 25.8 Å². The Balaban J connectivity index is 1.54. The van der Waals surface area contributed by atoms with Crippen molar-refractivity contribution in [3.8, 4) is 5.88 Å². The highest BCUT2D eigenvalue weighted by Crippen LogP contribution is 2.35. The molecule has 184 valence electrons. The second kappa shape index (κ2) is 11.6. The maximum atomic E-state index is 13.5. The van der Waals surface area contributed by atoms with Crippen molar-refractivity contribution < 1.29 is 14.3 Å². The second-order valence-electron chi connectivity index (χ2n) is 7.98. The Morgan fingerprint density at radius 1 is 1.17 bits per heavy atom. The number of nitrogens with one attached hydrogen (secondary N) is 1. The van der Waals surface area contributed by atoms with Crippen LogP contribution < -0.4 is 15.0 Å². The molecular formula is C24H23Cl3N4O3S. The van der Waals surface area contributed by atoms with Crippen molar-refractivity contribution in [2.24, 2.45) is 0 Å². The molecule has 1 atom stereocenters. The number of carbonyl (C=O) groups is 2. The highest BCUT2D eigenvalue weighted by molar-refractivity contribution is 7.14. The van der Waals surface area contributed by atoms with Crippen LogP contribution in [0, 0.1) is 0 Å². The zero-order valence-electron chi connectivity index (χ0n) is 18.8. The summed E-state index contributed by atoms with van der Waals surface area (Å²) in [5.74, 6) is -0.319. The highest BCUT2D eigenvalue weighted by atomic mass is 35.5. The summed E-state index contributed by atoms with van der Waals surface area (Å²) in [6.07, 6.45) is 1.34. The number of thiazole rings is 1. The summed E-state index contributed by atoms with van der Waals surface area (Å²) in [6.45, 7) is 4.86. The van der Waals surface area contributed by atoms with Crippen LogP contribution in [-0.4, -0.2) is 47.6 Å². The normalized spacial score (nSPS) is 16.1. The standard InChI is InChI=1S/C24H23Cl3N4O3S/c1-2-30-11-3-4-17(13-30)28-24(33)34-21-14-35-23(29-21)31(18-8-5-15(25)6-9-18)22(32)19-10-7-16(26)12-20(19)27/h5-10,12,14,17H,2-4,11,13H2,1H3,(H,28,33). The molecule has 1 fully saturated rings. The molecule has 2 amide bonds. The maximum Gasteiger partial charge on any atom is 0.414 e. The van der Waals surface area contributed by atoms with E-state index in [-0.39, 0.29) is 22.5 Å². The molecule has 35 heavy (non-hydrogen) atoms. The minimum Gasteiger partial charge on any atom is -0.390 e. The lowest BCUT2D eigenvalue weighted by atomic mass is 10.1. The third-order valence-electron chi connectivity index (χ3n) is 5.58. The fraction of sp³-hybridized carbons (Fsp3) is 0.292. The van der Waals surface area contributed by atoms with Crippen molar-refractivity contribution in [3.05, 3.63) is 68.5 Å². The third-order valence-corrected chi connectivity index (χ3v) is 7.19. The van der Waals surface area contributed by atoms with E-state index in [0.717, 1.165) is 43.8 Å². The summed E-state index contributed by atoms with van der Waals surface area (Å²) in [5, 5.41) is 5.94. The van der Waals surface area contributed by atoms with Crippen LogP contribution in [0.2, 0.25) is 15.1 Å². The smallest absolute Gasteiger partial charge is 0.390 e. The quantitative estimate of drug-likeness (QED) is 0.370. The number of likely N-dealkylation sites (tertiary alicyclic amines) is 1. The molecule has 0 bridgehead atoms. The van der Waals surface area contributed by atoms with Gasteiger partial charge in [-0.15, -0.1) is 11.3 Å². The van der Waals surface area contributed by atoms with E-state index in [1.807, 2.05) is 0 Å². The number of carbonyl (C=O) groups excluding carboxylic acids is 2. The first kappa shape index (κ1) is 25.7. The first-order valence-electron chi connectivity index (χ1n) is 11.1. The molecule has 0 radical (unpaired) electrons. The number of hydrogen-bond donors (Lipinski definition) is 1. The van der Waals surface area contributed by atoms with Crippen molar-refractivity contribution in [2.75, 3.05) is 24.5 Å². The number of halogens is 3. The first-order chi connectivity index (χ1) is 16.8. The lowest BCUT2D eigenvalue weighted by Gasteiger charge is -2.31. The third kappa shape index (κ3) is 6.45. The van der Waals surface area contributed by atoms with E-state index in [2.05, 4.69) is 22.1 Å². The van der Waals surface area contributed by atoms with Crippen LogP contribution in [0.25, 0.3) is 0 Å². The number of nitrogens with zero attached hydrogens (tertiary/aromatic N) is 3. The Morgan fingerprint density at radius 3 is 2.63 bits per heavy atom. The molecule has 1 saturated heterocycles. The molecule has 0 saturated carbocycles. The van der Waals surface area contributed by atoms with E-state index < -0.39 is 12.0 Å². The molecule has 2 aromatic carbocycles. The Bertz CT molecular complexity index is 1200. The number of ether oxygens (including phenoxy) is 1. The number of rotatable bonds is 6. The van der Waals surface area contributed by atoms with Crippen molar-refractivity contribution in [3.63, 3.8) is 0 Å². The van der Waals surface area contributed by atoms with E-state index in [0.29, 0.717) is 20.9 Å². The Labute approximate surface area is 222 Å². The van der Waals surface area contributed by atoms with Crippen LogP contribution >= 0.6 is 46.1 Å². The lowest BCUT2D eigenvalue weighted by Crippen LogP contribution is -2.48. The monoisotopic (exact) mass is 552 g/mol. The lowest BCUT2D eigenvalue weighted by molar-refractivity contribution is 0.0999. The van der Waals surface area contributed by atoms with Crippen LogP contribution in [0.5, 0.6) is 5.88 Å². The zero-order valence-corrected chi connectivity index (χ0v) is 21.9. The predicted molar refractivity (Wildman–Crippen MR) is 141 cm³/mol. The highest BCUT2D eigenvalue weighted by Gasteiger charge is 2.26. The predicted octanol–water partition coefficient (Wildman–Crippen LogP) is 6.65. The number of benzene rings is 2. The number of hydrogen-bond acceptors (Lipinski definition) is 6. The molecule has 1 aliphatic heterocycles. The number of aromatic nitrogens is 1. The summed E-state index contributed by atoms with van der Waals surface area (Å²) in [4.78, 5) is 34.1. The maximum absolute atomic E-state index is 13.5. The second-order valence-corrected chi connectivity index (χ2v) is 10.1. The van der Waals surface area contributed by atoms with Gasteiger partial charge < -0.3 is 15.0 Å². The van der Waals surface area contributed by atoms with Gasteiger partial charge in [0, 0.05) is 22.6 Å². The molecule has 1 N–H and O–H groups in total. The van der Waals surface area contributed by atoms with Crippen LogP contribution in [0.4, 0.5) is 15.6 Å². The van der Waals surface area contributed by atoms with Gasteiger partial charge in [-0.1, -0.05) is 41.7 Å². The summed E-state index contributed by atoms with van der Waals surface area (Å²) >= 11 is 19.5. The summed E-state index contributed by atoms with van der Waals surface area (Å²) in [5.41, 5.74) is 0.775. The number of likely N-dealkylation sites (N-methyl/N-ethyl adjacent to an activating group) is 1. The molecule has 1 aromatic heterocycles. The van der Waals surface area contributed by atoms with Crippen LogP contribution in [0.3, 0.4) is 0 Å². The van der Waals surface area contributed by atoms with Crippen molar-refractivity contribution in [1.29, 1.82) is 0 Å². The summed E-state index contributed by atoms with van der Waals surface area (Å²) in [7, 11) is 0. The van der Waals surface area contributed by atoms with Gasteiger partial charge in [-0.05, 0) is 68.4 Å². The molecule has 1 unspecified atom stereocenters. The first-order valence-corrected chi connectivity index (χ1v) is 13.1. The van der Waals surface area contributed by atoms with Crippen LogP contribution in [-0.2, 0) is 0 Å². The molecule has 4 rings (SSSR count). The molecule has 0 spiro atoms. The topological polar surface area (TPSA) is 74.8 Å². The Morgan fingerprint density at radius 2 is 1.91 bits per heavy atom. The minimum absolute atomic E-state index is 0.0218. The summed E-state index contributed by atoms with van der Waals surface area (Å²) < 4.78 is 5.42. The van der Waals surface area contributed by atoms with E-state index in [4.69, 9.17) is 39.5 Å². The van der Waals surface area contributed by atoms with Crippen LogP contribution in [0.15, 0.2) is 47.8 Å². The molecule has 2 heterocycles. The van der Waals surface area contributed by atoms with Gasteiger partial charge >= 0.3 is 6.09 Å². The van der Waals surface area contributed by atoms with Crippen molar-refractivity contribution >= 4 is 69.0 Å². The average molecular weight is 554 g/mol. The van der Waals surface area contributed by atoms with E-state index >= 15 is 0 Å². The molecule has 3 aromatic rings. The molecular weight excluding hydrogens is 531 g/mol. The number of anilines is 2. The number of piperidine rings is 1. The van der Waals surface area contributed by atoms with Gasteiger partial charge in [0.25, 0.3) is 5.91 Å². The van der Waals surface area contributed by atoms with Gasteiger partial charge in [-0.25, -0.2) is 4.79 Å². The summed E-state index contributed by atoms with van der Waals surface area (Å²) in [6, 6.07) is 11.4. The van der Waals surface area contributed by atoms with E-state index in [1.54, 1.807) is 41.8 Å². The zero-order chi connectivity index (χ0) is 24.9. The van der Waals surface area contributed by atoms with Gasteiger partial charge in [-0.2, -0.15) is 4.98 Å². The van der Waals surface area contributed by atoms with Crippen LogP contribution in [0.1, 0.15) is 30.1 Å². The van der Waals surface area contributed by atoms with Crippen molar-refractivity contribution in [1.82, 2.24) is 15.2 Å². The largest absolute Gasteiger partial charge is 0.414 e. The van der Waals surface area contributed by atoms with E-state index in [9.17, 15) is 9.59 Å². The Kier molecular flexibility index (Phi) is 8.51. The molecule has 0 aliphatic carbocycles. The number of amides is 2. The minimum atomic E-state index is -0.574.